The zero-order valence-electron chi connectivity index (χ0n) is 16.0. The highest BCUT2D eigenvalue weighted by molar-refractivity contribution is 7.92. The van der Waals surface area contributed by atoms with Crippen LogP contribution in [0.5, 0.6) is 0 Å². The molecule has 29 heavy (non-hydrogen) atoms. The molecule has 2 aromatic carbocycles. The summed E-state index contributed by atoms with van der Waals surface area (Å²) in [6, 6.07) is 15.1. The summed E-state index contributed by atoms with van der Waals surface area (Å²) >= 11 is 0. The van der Waals surface area contributed by atoms with E-state index in [9.17, 15) is 13.2 Å². The molecule has 0 radical (unpaired) electrons. The fourth-order valence-electron chi connectivity index (χ4n) is 2.53. The van der Waals surface area contributed by atoms with Gasteiger partial charge in [-0.05, 0) is 42.8 Å². The number of sulfonamides is 1. The van der Waals surface area contributed by atoms with Crippen molar-refractivity contribution in [3.05, 3.63) is 71.6 Å². The zero-order chi connectivity index (χ0) is 20.9. The third-order valence-electron chi connectivity index (χ3n) is 4.12. The molecule has 8 heteroatoms. The molecule has 0 fully saturated rings. The van der Waals surface area contributed by atoms with Crippen molar-refractivity contribution in [2.24, 2.45) is 0 Å². The molecule has 0 aliphatic heterocycles. The van der Waals surface area contributed by atoms with Crippen molar-refractivity contribution in [3.63, 3.8) is 0 Å². The number of aryl methyl sites for hydroxylation is 1. The van der Waals surface area contributed by atoms with Gasteiger partial charge in [-0.3, -0.25) is 9.52 Å². The van der Waals surface area contributed by atoms with Crippen LogP contribution in [0, 0.1) is 6.92 Å². The maximum atomic E-state index is 12.5. The molecule has 2 N–H and O–H groups in total. The second-order valence-corrected chi connectivity index (χ2v) is 7.97. The van der Waals surface area contributed by atoms with Crippen LogP contribution in [0.15, 0.2) is 64.0 Å². The zero-order valence-corrected chi connectivity index (χ0v) is 16.9. The Hall–Kier alpha value is -3.39. The van der Waals surface area contributed by atoms with E-state index in [2.05, 4.69) is 15.2 Å². The van der Waals surface area contributed by atoms with Gasteiger partial charge < -0.3 is 9.84 Å². The van der Waals surface area contributed by atoms with Gasteiger partial charge in [0.15, 0.2) is 5.76 Å². The number of para-hydroxylation sites is 1. The molecule has 1 amide bonds. The Bertz CT molecular complexity index is 1120. The maximum absolute atomic E-state index is 12.5. The van der Waals surface area contributed by atoms with E-state index in [0.717, 1.165) is 5.56 Å². The van der Waals surface area contributed by atoms with Crippen LogP contribution in [-0.2, 0) is 14.8 Å². The summed E-state index contributed by atoms with van der Waals surface area (Å²) in [5.41, 5.74) is 2.38. The van der Waals surface area contributed by atoms with E-state index < -0.39 is 10.0 Å². The van der Waals surface area contributed by atoms with Crippen LogP contribution in [0.2, 0.25) is 0 Å². The number of aromatic nitrogens is 1. The lowest BCUT2D eigenvalue weighted by molar-refractivity contribution is -0.115. The molecule has 1 heterocycles. The highest BCUT2D eigenvalue weighted by atomic mass is 32.2. The summed E-state index contributed by atoms with van der Waals surface area (Å²) in [7, 11) is -3.67. The summed E-state index contributed by atoms with van der Waals surface area (Å²) in [6.45, 7) is 3.50. The SMILES string of the molecule is CCC(=O)Nc1c(C)noc1/C=C\c1ccc(S(=O)(=O)Nc2ccccc2)cc1. The fraction of sp³-hybridized carbons (Fsp3) is 0.143. The molecule has 3 rings (SSSR count). The lowest BCUT2D eigenvalue weighted by atomic mass is 10.2. The molecule has 1 aromatic heterocycles. The number of amides is 1. The molecular formula is C21H21N3O4S. The van der Waals surface area contributed by atoms with Crippen LogP contribution in [0.25, 0.3) is 12.2 Å². The van der Waals surface area contributed by atoms with Gasteiger partial charge in [0, 0.05) is 12.1 Å². The molecule has 0 spiro atoms. The average Bonchev–Trinajstić information content (AvgIpc) is 3.06. The van der Waals surface area contributed by atoms with Crippen LogP contribution in [0.4, 0.5) is 11.4 Å². The molecule has 0 atom stereocenters. The first-order valence-corrected chi connectivity index (χ1v) is 10.5. The fourth-order valence-corrected chi connectivity index (χ4v) is 3.59. The van der Waals surface area contributed by atoms with Gasteiger partial charge in [0.1, 0.15) is 11.4 Å². The lowest BCUT2D eigenvalue weighted by Crippen LogP contribution is -2.12. The topological polar surface area (TPSA) is 101 Å². The Kier molecular flexibility index (Phi) is 6.13. The number of nitrogens with one attached hydrogen (secondary N) is 2. The summed E-state index contributed by atoms with van der Waals surface area (Å²) < 4.78 is 32.7. The smallest absolute Gasteiger partial charge is 0.261 e. The van der Waals surface area contributed by atoms with Crippen LogP contribution >= 0.6 is 0 Å². The largest absolute Gasteiger partial charge is 0.354 e. The highest BCUT2D eigenvalue weighted by Gasteiger charge is 2.14. The molecule has 0 saturated carbocycles. The summed E-state index contributed by atoms with van der Waals surface area (Å²) in [5, 5.41) is 6.64. The number of hydrogen-bond acceptors (Lipinski definition) is 5. The van der Waals surface area contributed by atoms with Crippen molar-refractivity contribution < 1.29 is 17.7 Å². The first-order valence-electron chi connectivity index (χ1n) is 9.01. The molecule has 0 unspecified atom stereocenters. The van der Waals surface area contributed by atoms with Crippen LogP contribution in [0.1, 0.15) is 30.4 Å². The first-order chi connectivity index (χ1) is 13.9. The third-order valence-corrected chi connectivity index (χ3v) is 5.52. The number of nitrogens with zero attached hydrogens (tertiary/aromatic N) is 1. The normalized spacial score (nSPS) is 11.5. The van der Waals surface area contributed by atoms with Gasteiger partial charge in [-0.15, -0.1) is 0 Å². The monoisotopic (exact) mass is 411 g/mol. The maximum Gasteiger partial charge on any atom is 0.261 e. The van der Waals surface area contributed by atoms with E-state index in [-0.39, 0.29) is 10.8 Å². The van der Waals surface area contributed by atoms with Gasteiger partial charge in [0.05, 0.1) is 4.90 Å². The number of hydrogen-bond donors (Lipinski definition) is 2. The van der Waals surface area contributed by atoms with Crippen LogP contribution < -0.4 is 10.0 Å². The lowest BCUT2D eigenvalue weighted by Gasteiger charge is -2.08. The van der Waals surface area contributed by atoms with E-state index in [1.165, 1.54) is 12.1 Å². The Morgan fingerprint density at radius 3 is 2.41 bits per heavy atom. The molecule has 0 aliphatic rings. The Morgan fingerprint density at radius 1 is 1.07 bits per heavy atom. The number of rotatable bonds is 7. The quantitative estimate of drug-likeness (QED) is 0.603. The average molecular weight is 411 g/mol. The van der Waals surface area contributed by atoms with Crippen LogP contribution in [0.3, 0.4) is 0 Å². The minimum Gasteiger partial charge on any atom is -0.354 e. The van der Waals surface area contributed by atoms with Crippen molar-refractivity contribution in [3.8, 4) is 0 Å². The van der Waals surface area contributed by atoms with Crippen molar-refractivity contribution in [2.75, 3.05) is 10.0 Å². The van der Waals surface area contributed by atoms with E-state index in [1.807, 2.05) is 6.07 Å². The van der Waals surface area contributed by atoms with Gasteiger partial charge in [-0.2, -0.15) is 0 Å². The van der Waals surface area contributed by atoms with E-state index >= 15 is 0 Å². The van der Waals surface area contributed by atoms with Crippen molar-refractivity contribution >= 4 is 39.5 Å². The molecule has 150 valence electrons. The van der Waals surface area contributed by atoms with Gasteiger partial charge in [0.2, 0.25) is 5.91 Å². The van der Waals surface area contributed by atoms with E-state index in [0.29, 0.717) is 29.2 Å². The molecule has 3 aromatic rings. The summed E-state index contributed by atoms with van der Waals surface area (Å²) in [6.07, 6.45) is 3.78. The third kappa shape index (κ3) is 5.11. The van der Waals surface area contributed by atoms with E-state index in [4.69, 9.17) is 4.52 Å². The summed E-state index contributed by atoms with van der Waals surface area (Å²) in [4.78, 5) is 11.8. The summed E-state index contributed by atoms with van der Waals surface area (Å²) in [5.74, 6) is 0.290. The Morgan fingerprint density at radius 2 is 1.76 bits per heavy atom. The molecular weight excluding hydrogens is 390 g/mol. The minimum atomic E-state index is -3.67. The number of benzene rings is 2. The van der Waals surface area contributed by atoms with Gasteiger partial charge in [-0.1, -0.05) is 48.5 Å². The van der Waals surface area contributed by atoms with Gasteiger partial charge >= 0.3 is 0 Å². The second kappa shape index (κ2) is 8.74. The van der Waals surface area contributed by atoms with E-state index in [1.54, 1.807) is 62.4 Å². The predicted octanol–water partition coefficient (Wildman–Crippen LogP) is 4.30. The highest BCUT2D eigenvalue weighted by Crippen LogP contribution is 2.23. The van der Waals surface area contributed by atoms with Crippen molar-refractivity contribution in [1.82, 2.24) is 5.16 Å². The predicted molar refractivity (Wildman–Crippen MR) is 113 cm³/mol. The molecule has 7 nitrogen and oxygen atoms in total. The minimum absolute atomic E-state index is 0.133. The Balaban J connectivity index is 1.75. The number of carbonyl (C=O) groups is 1. The van der Waals surface area contributed by atoms with Crippen molar-refractivity contribution in [2.45, 2.75) is 25.2 Å². The number of anilines is 2. The molecule has 0 bridgehead atoms. The molecule has 0 saturated heterocycles. The van der Waals surface area contributed by atoms with Gasteiger partial charge in [0.25, 0.3) is 10.0 Å². The first kappa shape index (κ1) is 20.3. The standard InChI is InChI=1S/C21H21N3O4S/c1-3-20(25)22-21-15(2)23-28-19(21)14-11-16-9-12-18(13-10-16)29(26,27)24-17-7-5-4-6-8-17/h4-14,24H,3H2,1-2H3,(H,22,25)/b14-11-. The number of carbonyl (C=O) groups excluding carboxylic acids is 1. The van der Waals surface area contributed by atoms with Gasteiger partial charge in [-0.25, -0.2) is 8.42 Å². The second-order valence-electron chi connectivity index (χ2n) is 6.28. The van der Waals surface area contributed by atoms with Crippen LogP contribution in [-0.4, -0.2) is 19.5 Å². The molecule has 0 aliphatic carbocycles. The van der Waals surface area contributed by atoms with Crippen molar-refractivity contribution in [1.29, 1.82) is 0 Å². The Labute approximate surface area is 169 Å².